The number of allylic oxidation sites excluding steroid dienone is 4. The van der Waals surface area contributed by atoms with E-state index in [-0.39, 0.29) is 17.7 Å². The van der Waals surface area contributed by atoms with Crippen LogP contribution in [0.25, 0.3) is 0 Å². The van der Waals surface area contributed by atoms with Crippen LogP contribution >= 0.6 is 0 Å². The SMILES string of the molecule is C=C/C=C(\C(=C)C#N)C1CC(NC(=O)/C(C=N)=N/N)C1. The summed E-state index contributed by atoms with van der Waals surface area (Å²) in [6.45, 7) is 7.33. The smallest absolute Gasteiger partial charge is 0.273 e. The first kappa shape index (κ1) is 15.4. The summed E-state index contributed by atoms with van der Waals surface area (Å²) in [5.41, 5.74) is 1.16. The largest absolute Gasteiger partial charge is 0.348 e. The Hall–Kier alpha value is -2.68. The zero-order valence-electron chi connectivity index (χ0n) is 11.1. The molecule has 0 unspecified atom stereocenters. The number of rotatable bonds is 6. The number of carbonyl (C=O) groups excluding carboxylic acids is 1. The predicted molar refractivity (Wildman–Crippen MR) is 78.1 cm³/mol. The Morgan fingerprint density at radius 1 is 1.55 bits per heavy atom. The Morgan fingerprint density at radius 3 is 2.65 bits per heavy atom. The predicted octanol–water partition coefficient (Wildman–Crippen LogP) is 1.04. The number of nitrogens with one attached hydrogen (secondary N) is 2. The van der Waals surface area contributed by atoms with Crippen LogP contribution in [-0.4, -0.2) is 23.9 Å². The minimum Gasteiger partial charge on any atom is -0.348 e. The van der Waals surface area contributed by atoms with Crippen LogP contribution < -0.4 is 11.2 Å². The molecule has 6 heteroatoms. The Kier molecular flexibility index (Phi) is 5.42. The molecule has 0 aromatic rings. The minimum absolute atomic E-state index is 0.0103. The van der Waals surface area contributed by atoms with Gasteiger partial charge < -0.3 is 16.6 Å². The zero-order valence-corrected chi connectivity index (χ0v) is 11.1. The molecular weight excluding hydrogens is 254 g/mol. The lowest BCUT2D eigenvalue weighted by Gasteiger charge is -2.37. The van der Waals surface area contributed by atoms with Crippen molar-refractivity contribution in [3.05, 3.63) is 36.5 Å². The molecular formula is C14H17N5O. The molecule has 20 heavy (non-hydrogen) atoms. The second-order valence-electron chi connectivity index (χ2n) is 4.45. The van der Waals surface area contributed by atoms with Gasteiger partial charge in [0.25, 0.3) is 5.91 Å². The van der Waals surface area contributed by atoms with E-state index in [0.29, 0.717) is 18.4 Å². The molecule has 0 saturated heterocycles. The van der Waals surface area contributed by atoms with Crippen LogP contribution in [0.15, 0.2) is 41.6 Å². The monoisotopic (exact) mass is 271 g/mol. The molecule has 0 aliphatic heterocycles. The highest BCUT2D eigenvalue weighted by Crippen LogP contribution is 2.36. The third kappa shape index (κ3) is 3.42. The fraction of sp³-hybridized carbons (Fsp3) is 0.286. The van der Waals surface area contributed by atoms with Gasteiger partial charge in [-0.15, -0.1) is 0 Å². The van der Waals surface area contributed by atoms with Crippen molar-refractivity contribution in [2.75, 3.05) is 0 Å². The fourth-order valence-corrected chi connectivity index (χ4v) is 2.09. The van der Waals surface area contributed by atoms with Gasteiger partial charge in [0, 0.05) is 11.6 Å². The van der Waals surface area contributed by atoms with E-state index in [0.717, 1.165) is 11.8 Å². The average Bonchev–Trinajstić information content (AvgIpc) is 2.41. The van der Waals surface area contributed by atoms with Gasteiger partial charge in [0.1, 0.15) is 0 Å². The van der Waals surface area contributed by atoms with Crippen LogP contribution in [0.4, 0.5) is 0 Å². The van der Waals surface area contributed by atoms with E-state index in [1.54, 1.807) is 12.2 Å². The molecule has 1 amide bonds. The van der Waals surface area contributed by atoms with Crippen molar-refractivity contribution in [3.8, 4) is 6.07 Å². The minimum atomic E-state index is -0.459. The van der Waals surface area contributed by atoms with Crippen LogP contribution in [0.3, 0.4) is 0 Å². The fourth-order valence-electron chi connectivity index (χ4n) is 2.09. The number of amides is 1. The lowest BCUT2D eigenvalue weighted by atomic mass is 9.73. The maximum absolute atomic E-state index is 11.6. The van der Waals surface area contributed by atoms with Crippen LogP contribution in [0.2, 0.25) is 0 Å². The standard InChI is InChI=1S/C14H17N5O/c1-3-4-12(9(2)7-15)10-5-11(6-10)18-14(20)13(8-16)19-17/h3-4,8,10-11,16H,1-2,5-6,17H2,(H,18,20)/b12-4+,16-8?,19-13+. The van der Waals surface area contributed by atoms with E-state index in [1.165, 1.54) is 0 Å². The Balaban J connectivity index is 2.58. The van der Waals surface area contributed by atoms with Gasteiger partial charge in [0.05, 0.1) is 12.3 Å². The van der Waals surface area contributed by atoms with E-state index in [2.05, 4.69) is 23.6 Å². The lowest BCUT2D eigenvalue weighted by molar-refractivity contribution is -0.116. The molecule has 0 aromatic heterocycles. The summed E-state index contributed by atoms with van der Waals surface area (Å²) in [5.74, 6) is 4.73. The molecule has 1 saturated carbocycles. The van der Waals surface area contributed by atoms with Gasteiger partial charge in [-0.25, -0.2) is 0 Å². The molecule has 0 spiro atoms. The van der Waals surface area contributed by atoms with Gasteiger partial charge in [-0.2, -0.15) is 10.4 Å². The summed E-state index contributed by atoms with van der Waals surface area (Å²) >= 11 is 0. The molecule has 0 heterocycles. The molecule has 1 aliphatic rings. The van der Waals surface area contributed by atoms with Crippen molar-refractivity contribution in [1.29, 1.82) is 10.7 Å². The summed E-state index contributed by atoms with van der Waals surface area (Å²) in [4.78, 5) is 11.6. The van der Waals surface area contributed by atoms with E-state index in [9.17, 15) is 4.79 Å². The third-order valence-electron chi connectivity index (χ3n) is 3.20. The number of nitriles is 1. The maximum Gasteiger partial charge on any atom is 0.273 e. The molecule has 0 radical (unpaired) electrons. The Bertz CT molecular complexity index is 532. The normalized spacial score (nSPS) is 22.1. The van der Waals surface area contributed by atoms with E-state index >= 15 is 0 Å². The second kappa shape index (κ2) is 7.04. The van der Waals surface area contributed by atoms with E-state index < -0.39 is 5.91 Å². The van der Waals surface area contributed by atoms with Crippen molar-refractivity contribution in [1.82, 2.24) is 5.32 Å². The highest BCUT2D eigenvalue weighted by atomic mass is 16.2. The first-order chi connectivity index (χ1) is 9.57. The number of nitrogens with two attached hydrogens (primary N) is 1. The van der Waals surface area contributed by atoms with E-state index in [4.69, 9.17) is 16.5 Å². The van der Waals surface area contributed by atoms with Gasteiger partial charge in [-0.05, 0) is 24.3 Å². The van der Waals surface area contributed by atoms with E-state index in [1.807, 2.05) is 6.07 Å². The molecule has 0 aromatic carbocycles. The topological polar surface area (TPSA) is 115 Å². The average molecular weight is 271 g/mol. The summed E-state index contributed by atoms with van der Waals surface area (Å²) in [6.07, 6.45) is 5.63. The van der Waals surface area contributed by atoms with Crippen molar-refractivity contribution < 1.29 is 4.79 Å². The number of hydrogen-bond acceptors (Lipinski definition) is 5. The summed E-state index contributed by atoms with van der Waals surface area (Å²) in [5, 5.41) is 21.8. The molecule has 0 bridgehead atoms. The molecule has 1 fully saturated rings. The summed E-state index contributed by atoms with van der Waals surface area (Å²) in [6, 6.07) is 2.02. The highest BCUT2D eigenvalue weighted by Gasteiger charge is 2.33. The number of hydrazone groups is 1. The Morgan fingerprint density at radius 2 is 2.20 bits per heavy atom. The first-order valence-corrected chi connectivity index (χ1v) is 6.08. The molecule has 1 aliphatic carbocycles. The first-order valence-electron chi connectivity index (χ1n) is 6.08. The van der Waals surface area contributed by atoms with Crippen LogP contribution in [0.1, 0.15) is 12.8 Å². The molecule has 4 N–H and O–H groups in total. The highest BCUT2D eigenvalue weighted by molar-refractivity contribution is 6.60. The molecule has 1 rings (SSSR count). The van der Waals surface area contributed by atoms with Gasteiger partial charge in [0.2, 0.25) is 0 Å². The maximum atomic E-state index is 11.6. The Labute approximate surface area is 117 Å². The molecule has 6 nitrogen and oxygen atoms in total. The van der Waals surface area contributed by atoms with Gasteiger partial charge in [-0.3, -0.25) is 4.79 Å². The van der Waals surface area contributed by atoms with Crippen LogP contribution in [-0.2, 0) is 4.79 Å². The van der Waals surface area contributed by atoms with Crippen molar-refractivity contribution in [3.63, 3.8) is 0 Å². The third-order valence-corrected chi connectivity index (χ3v) is 3.20. The van der Waals surface area contributed by atoms with Crippen molar-refractivity contribution in [2.45, 2.75) is 18.9 Å². The van der Waals surface area contributed by atoms with Gasteiger partial charge >= 0.3 is 0 Å². The summed E-state index contributed by atoms with van der Waals surface area (Å²) in [7, 11) is 0. The van der Waals surface area contributed by atoms with Crippen molar-refractivity contribution in [2.24, 2.45) is 16.9 Å². The quantitative estimate of drug-likeness (QED) is 0.220. The number of hydrogen-bond donors (Lipinski definition) is 3. The van der Waals surface area contributed by atoms with Crippen LogP contribution in [0.5, 0.6) is 0 Å². The van der Waals surface area contributed by atoms with Crippen LogP contribution in [0, 0.1) is 22.7 Å². The number of nitrogens with zero attached hydrogens (tertiary/aromatic N) is 2. The molecule has 0 atom stereocenters. The summed E-state index contributed by atoms with van der Waals surface area (Å²) < 4.78 is 0. The second-order valence-corrected chi connectivity index (χ2v) is 4.45. The van der Waals surface area contributed by atoms with Gasteiger partial charge in [-0.1, -0.05) is 25.3 Å². The molecule has 104 valence electrons. The lowest BCUT2D eigenvalue weighted by Crippen LogP contribution is -2.47. The number of carbonyl (C=O) groups is 1. The van der Waals surface area contributed by atoms with Gasteiger partial charge in [0.15, 0.2) is 5.71 Å². The van der Waals surface area contributed by atoms with Crippen molar-refractivity contribution >= 4 is 17.8 Å². The zero-order chi connectivity index (χ0) is 15.1.